The zero-order chi connectivity index (χ0) is 26.9. The van der Waals surface area contributed by atoms with E-state index in [1.54, 1.807) is 97.3 Å². The molecule has 4 aromatic rings. The van der Waals surface area contributed by atoms with Crippen molar-refractivity contribution in [1.82, 2.24) is 10.3 Å². The van der Waals surface area contributed by atoms with Crippen LogP contribution in [0.2, 0.25) is 10.0 Å². The van der Waals surface area contributed by atoms with Crippen LogP contribution in [0.5, 0.6) is 0 Å². The van der Waals surface area contributed by atoms with Crippen molar-refractivity contribution < 1.29 is 14.4 Å². The van der Waals surface area contributed by atoms with E-state index in [0.717, 1.165) is 4.90 Å². The van der Waals surface area contributed by atoms with E-state index in [9.17, 15) is 14.4 Å². The molecule has 4 rings (SSSR count). The smallest absolute Gasteiger partial charge is 0.272 e. The van der Waals surface area contributed by atoms with Gasteiger partial charge in [0.2, 0.25) is 0 Å². The molecule has 190 valence electrons. The molecule has 38 heavy (non-hydrogen) atoms. The Bertz CT molecular complexity index is 1500. The Labute approximate surface area is 234 Å². The first kappa shape index (κ1) is 27.1. The Balaban J connectivity index is 1.47. The fraction of sp³-hybridized carbons (Fsp3) is 0.0345. The molecule has 0 unspecified atom stereocenters. The third kappa shape index (κ3) is 7.55. The Morgan fingerprint density at radius 1 is 0.842 bits per heavy atom. The molecule has 0 radical (unpaired) electrons. The molecule has 9 heteroatoms. The number of carbonyl (C=O) groups is 3. The quantitative estimate of drug-likeness (QED) is 0.134. The fourth-order valence-electron chi connectivity index (χ4n) is 3.33. The van der Waals surface area contributed by atoms with E-state index in [1.165, 1.54) is 11.8 Å². The van der Waals surface area contributed by atoms with E-state index in [-0.39, 0.29) is 17.2 Å². The molecule has 2 amide bonds. The van der Waals surface area contributed by atoms with Gasteiger partial charge in [-0.15, -0.1) is 11.8 Å². The zero-order valence-electron chi connectivity index (χ0n) is 19.9. The van der Waals surface area contributed by atoms with Crippen molar-refractivity contribution in [2.45, 2.75) is 4.90 Å². The molecule has 3 aromatic carbocycles. The standard InChI is InChI=1S/C29H21Cl2N3O3S/c30-24-12-11-21(15-25(24)31)27(35)18-38-23-10-4-9-22(16-23)33-29(37)26(14-19-6-5-13-32-17-19)34-28(36)20-7-2-1-3-8-20/h1-17H,18H2,(H,33,37)(H,34,36)/b26-14-. The van der Waals surface area contributed by atoms with E-state index < -0.39 is 11.8 Å². The summed E-state index contributed by atoms with van der Waals surface area (Å²) in [6.45, 7) is 0. The number of hydrogen-bond donors (Lipinski definition) is 2. The summed E-state index contributed by atoms with van der Waals surface area (Å²) in [6.07, 6.45) is 4.76. The second kappa shape index (κ2) is 13.1. The highest BCUT2D eigenvalue weighted by Crippen LogP contribution is 2.26. The molecule has 0 aliphatic heterocycles. The van der Waals surface area contributed by atoms with Gasteiger partial charge in [-0.2, -0.15) is 0 Å². The second-order valence-electron chi connectivity index (χ2n) is 7.99. The van der Waals surface area contributed by atoms with Crippen molar-refractivity contribution in [2.75, 3.05) is 11.1 Å². The highest BCUT2D eigenvalue weighted by Gasteiger charge is 2.16. The van der Waals surface area contributed by atoms with E-state index in [4.69, 9.17) is 23.2 Å². The number of thioether (sulfide) groups is 1. The average Bonchev–Trinajstić information content (AvgIpc) is 2.94. The van der Waals surface area contributed by atoms with Crippen molar-refractivity contribution in [3.8, 4) is 0 Å². The molecule has 0 aliphatic carbocycles. The van der Waals surface area contributed by atoms with Gasteiger partial charge in [0.15, 0.2) is 5.78 Å². The van der Waals surface area contributed by atoms with Gasteiger partial charge in [-0.3, -0.25) is 19.4 Å². The molecule has 0 aliphatic rings. The molecule has 1 aromatic heterocycles. The Hall–Kier alpha value is -3.91. The number of hydrogen-bond acceptors (Lipinski definition) is 5. The predicted octanol–water partition coefficient (Wildman–Crippen LogP) is 6.77. The molecule has 0 spiro atoms. The van der Waals surface area contributed by atoms with Crippen LogP contribution in [0, 0.1) is 0 Å². The van der Waals surface area contributed by atoms with Crippen molar-refractivity contribution >= 4 is 64.3 Å². The molecule has 1 heterocycles. The van der Waals surface area contributed by atoms with Crippen molar-refractivity contribution in [3.63, 3.8) is 0 Å². The highest BCUT2D eigenvalue weighted by molar-refractivity contribution is 8.00. The maximum atomic E-state index is 13.2. The van der Waals surface area contributed by atoms with Crippen LogP contribution in [-0.4, -0.2) is 28.3 Å². The molecule has 6 nitrogen and oxygen atoms in total. The summed E-state index contributed by atoms with van der Waals surface area (Å²) in [7, 11) is 0. The Kier molecular flexibility index (Phi) is 9.32. The zero-order valence-corrected chi connectivity index (χ0v) is 22.2. The number of aromatic nitrogens is 1. The monoisotopic (exact) mass is 561 g/mol. The lowest BCUT2D eigenvalue weighted by Crippen LogP contribution is -2.30. The van der Waals surface area contributed by atoms with Crippen LogP contribution in [0.1, 0.15) is 26.3 Å². The van der Waals surface area contributed by atoms with Crippen LogP contribution in [0.25, 0.3) is 6.08 Å². The number of nitrogens with one attached hydrogen (secondary N) is 2. The van der Waals surface area contributed by atoms with Crippen LogP contribution >= 0.6 is 35.0 Å². The van der Waals surface area contributed by atoms with Gasteiger partial charge >= 0.3 is 0 Å². The number of amides is 2. The molecule has 0 saturated heterocycles. The van der Waals surface area contributed by atoms with Crippen molar-refractivity contribution in [2.24, 2.45) is 0 Å². The maximum absolute atomic E-state index is 13.2. The summed E-state index contributed by atoms with van der Waals surface area (Å²) in [6, 6.07) is 24.0. The number of Topliss-reactive ketones (excluding diaryl/α,β-unsaturated/α-hetero) is 1. The third-order valence-corrected chi connectivity index (χ3v) is 6.96. The van der Waals surface area contributed by atoms with Gasteiger partial charge in [0.1, 0.15) is 5.70 Å². The third-order valence-electron chi connectivity index (χ3n) is 5.23. The average molecular weight is 562 g/mol. The van der Waals surface area contributed by atoms with Crippen molar-refractivity contribution in [1.29, 1.82) is 0 Å². The van der Waals surface area contributed by atoms with Crippen LogP contribution in [0.3, 0.4) is 0 Å². The highest BCUT2D eigenvalue weighted by atomic mass is 35.5. The van der Waals surface area contributed by atoms with Gasteiger partial charge in [0.25, 0.3) is 11.8 Å². The number of rotatable bonds is 9. The molecule has 0 fully saturated rings. The first-order valence-corrected chi connectivity index (χ1v) is 13.1. The number of nitrogens with zero attached hydrogens (tertiary/aromatic N) is 1. The van der Waals surface area contributed by atoms with Gasteiger partial charge in [-0.1, -0.05) is 53.5 Å². The predicted molar refractivity (Wildman–Crippen MR) is 153 cm³/mol. The topological polar surface area (TPSA) is 88.2 Å². The van der Waals surface area contributed by atoms with Gasteiger partial charge in [0, 0.05) is 34.1 Å². The van der Waals surface area contributed by atoms with Crippen LogP contribution in [0.15, 0.2) is 108 Å². The van der Waals surface area contributed by atoms with E-state index in [2.05, 4.69) is 15.6 Å². The summed E-state index contributed by atoms with van der Waals surface area (Å²) >= 11 is 13.3. The lowest BCUT2D eigenvalue weighted by Gasteiger charge is -2.12. The fourth-order valence-corrected chi connectivity index (χ4v) is 4.48. The summed E-state index contributed by atoms with van der Waals surface area (Å²) in [5.74, 6) is -0.851. The molecular weight excluding hydrogens is 541 g/mol. The van der Waals surface area contributed by atoms with E-state index >= 15 is 0 Å². The SMILES string of the molecule is O=C(Nc1cccc(SCC(=O)c2ccc(Cl)c(Cl)c2)c1)/C(=C/c1cccnc1)NC(=O)c1ccccc1. The largest absolute Gasteiger partial charge is 0.321 e. The van der Waals surface area contributed by atoms with Gasteiger partial charge < -0.3 is 10.6 Å². The lowest BCUT2D eigenvalue weighted by molar-refractivity contribution is -0.113. The molecule has 0 atom stereocenters. The minimum atomic E-state index is -0.507. The van der Waals surface area contributed by atoms with Crippen LogP contribution in [-0.2, 0) is 4.79 Å². The Morgan fingerprint density at radius 3 is 2.39 bits per heavy atom. The minimum Gasteiger partial charge on any atom is -0.321 e. The number of benzene rings is 3. The summed E-state index contributed by atoms with van der Waals surface area (Å²) in [4.78, 5) is 43.4. The van der Waals surface area contributed by atoms with Crippen LogP contribution in [0.4, 0.5) is 5.69 Å². The van der Waals surface area contributed by atoms with Gasteiger partial charge in [0.05, 0.1) is 15.8 Å². The maximum Gasteiger partial charge on any atom is 0.272 e. The summed E-state index contributed by atoms with van der Waals surface area (Å²) < 4.78 is 0. The lowest BCUT2D eigenvalue weighted by atomic mass is 10.1. The molecular formula is C29H21Cl2N3O3S. The number of ketones is 1. The number of anilines is 1. The first-order chi connectivity index (χ1) is 18.4. The normalized spacial score (nSPS) is 11.1. The number of halogens is 2. The Morgan fingerprint density at radius 2 is 1.66 bits per heavy atom. The van der Waals surface area contributed by atoms with Gasteiger partial charge in [-0.05, 0) is 66.2 Å². The number of pyridine rings is 1. The summed E-state index contributed by atoms with van der Waals surface area (Å²) in [5.41, 5.74) is 2.10. The van der Waals surface area contributed by atoms with Gasteiger partial charge in [-0.25, -0.2) is 0 Å². The second-order valence-corrected chi connectivity index (χ2v) is 9.85. The van der Waals surface area contributed by atoms with E-state index in [1.807, 2.05) is 6.07 Å². The first-order valence-electron chi connectivity index (χ1n) is 11.4. The van der Waals surface area contributed by atoms with E-state index in [0.29, 0.717) is 32.4 Å². The van der Waals surface area contributed by atoms with Crippen molar-refractivity contribution in [3.05, 3.63) is 130 Å². The molecule has 0 bridgehead atoms. The van der Waals surface area contributed by atoms with Crippen LogP contribution < -0.4 is 10.6 Å². The minimum absolute atomic E-state index is 0.0553. The number of carbonyl (C=O) groups excluding carboxylic acids is 3. The molecule has 2 N–H and O–H groups in total. The molecule has 0 saturated carbocycles. The summed E-state index contributed by atoms with van der Waals surface area (Å²) in [5, 5.41) is 6.22.